The normalized spacial score (nSPS) is 15.1. The summed E-state index contributed by atoms with van der Waals surface area (Å²) in [6.07, 6.45) is 18.6. The van der Waals surface area contributed by atoms with Gasteiger partial charge in [0.05, 0.1) is 40.4 Å². The highest BCUT2D eigenvalue weighted by atomic mass is 32.2. The molecule has 0 bridgehead atoms. The Balaban J connectivity index is 3.40. The van der Waals surface area contributed by atoms with E-state index in [2.05, 4.69) is 6.92 Å². The summed E-state index contributed by atoms with van der Waals surface area (Å²) in [6.45, 7) is 3.75. The highest BCUT2D eigenvalue weighted by Crippen LogP contribution is 2.38. The minimum Gasteiger partial charge on any atom is -0.756 e. The van der Waals surface area contributed by atoms with Crippen molar-refractivity contribution < 1.29 is 27.7 Å². The maximum Gasteiger partial charge on any atom is 0.268 e. The van der Waals surface area contributed by atoms with Gasteiger partial charge in [0.25, 0.3) is 7.82 Å². The third-order valence-corrected chi connectivity index (χ3v) is 6.40. The average Bonchev–Trinajstić information content (AvgIpc) is 2.71. The van der Waals surface area contributed by atoms with Crippen LogP contribution in [0.5, 0.6) is 0 Å². The summed E-state index contributed by atoms with van der Waals surface area (Å²) in [5.41, 5.74) is 5.87. The lowest BCUT2D eigenvalue weighted by Gasteiger charge is -2.27. The fourth-order valence-corrected chi connectivity index (χ4v) is 4.09. The first kappa shape index (κ1) is 32.0. The van der Waals surface area contributed by atoms with Crippen LogP contribution >= 0.6 is 7.82 Å². The zero-order chi connectivity index (χ0) is 24.1. The molecular formula is C24H53N2O5P. The summed E-state index contributed by atoms with van der Waals surface area (Å²) in [5, 5.41) is 0. The van der Waals surface area contributed by atoms with Gasteiger partial charge in [0.15, 0.2) is 0 Å². The Labute approximate surface area is 198 Å². The van der Waals surface area contributed by atoms with E-state index in [1.54, 1.807) is 0 Å². The summed E-state index contributed by atoms with van der Waals surface area (Å²) < 4.78 is 27.6. The van der Waals surface area contributed by atoms with Crippen LogP contribution in [0.2, 0.25) is 0 Å². The van der Waals surface area contributed by atoms with E-state index in [9.17, 15) is 9.46 Å². The lowest BCUT2D eigenvalue weighted by Crippen LogP contribution is -2.38. The molecule has 0 aliphatic heterocycles. The quantitative estimate of drug-likeness (QED) is 0.118. The smallest absolute Gasteiger partial charge is 0.268 e. The van der Waals surface area contributed by atoms with Crippen LogP contribution in [0.25, 0.3) is 0 Å². The minimum absolute atomic E-state index is 0.0924. The number of unbranched alkanes of at least 4 members (excludes halogenated alkanes) is 13. The Hall–Kier alpha value is -0.0100. The predicted octanol–water partition coefficient (Wildman–Crippen LogP) is 5.02. The molecule has 194 valence electrons. The molecule has 2 N–H and O–H groups in total. The molecule has 0 heterocycles. The topological polar surface area (TPSA) is 93.8 Å². The van der Waals surface area contributed by atoms with Gasteiger partial charge in [-0.15, -0.1) is 0 Å². The SMILES string of the molecule is CCCCCCCCCCCCCCCCOC[C@@H](N)CO[32P](=O)([O-])OCC[N+](C)(C)C. The molecule has 0 radical (unpaired) electrons. The number of ether oxygens (including phenoxy) is 1. The van der Waals surface area contributed by atoms with Gasteiger partial charge in [0.2, 0.25) is 0 Å². The number of phosphoric ester groups is 1. The Kier molecular flexibility index (Phi) is 20.4. The number of quaternary nitrogens is 1. The van der Waals surface area contributed by atoms with Crippen LogP contribution in [0.1, 0.15) is 96.8 Å². The second-order valence-electron chi connectivity index (χ2n) is 10.0. The second kappa shape index (κ2) is 20.4. The van der Waals surface area contributed by atoms with Crippen molar-refractivity contribution in [3.05, 3.63) is 0 Å². The third-order valence-electron chi connectivity index (χ3n) is 5.43. The lowest BCUT2D eigenvalue weighted by atomic mass is 10.0. The van der Waals surface area contributed by atoms with E-state index in [-0.39, 0.29) is 19.8 Å². The Bertz CT molecular complexity index is 460. The molecule has 0 aliphatic rings. The molecule has 0 aromatic heterocycles. The van der Waals surface area contributed by atoms with E-state index in [1.807, 2.05) is 21.1 Å². The van der Waals surface area contributed by atoms with Gasteiger partial charge in [-0.05, 0) is 6.42 Å². The van der Waals surface area contributed by atoms with Crippen LogP contribution in [0.3, 0.4) is 0 Å². The molecule has 0 aliphatic carbocycles. The predicted molar refractivity (Wildman–Crippen MR) is 132 cm³/mol. The van der Waals surface area contributed by atoms with Gasteiger partial charge in [0, 0.05) is 6.61 Å². The maximum absolute atomic E-state index is 11.7. The van der Waals surface area contributed by atoms with Gasteiger partial charge in [-0.2, -0.15) is 0 Å². The highest BCUT2D eigenvalue weighted by Gasteiger charge is 2.15. The lowest BCUT2D eigenvalue weighted by molar-refractivity contribution is -0.870. The van der Waals surface area contributed by atoms with Crippen molar-refractivity contribution in [3.63, 3.8) is 0 Å². The Morgan fingerprint density at radius 2 is 1.22 bits per heavy atom. The molecule has 2 atom stereocenters. The molecule has 7 nitrogen and oxygen atoms in total. The summed E-state index contributed by atoms with van der Waals surface area (Å²) in [5.74, 6) is 0. The number of rotatable bonds is 24. The van der Waals surface area contributed by atoms with Crippen molar-refractivity contribution in [1.82, 2.24) is 0 Å². The Morgan fingerprint density at radius 1 is 0.750 bits per heavy atom. The summed E-state index contributed by atoms with van der Waals surface area (Å²) in [6, 6.07) is -0.481. The standard InChI is InChI=1S/C24H53N2O5P/c1-5-6-7-8-9-10-11-12-13-14-15-16-17-18-20-29-22-24(25)23-31-32(27,28)30-21-19-26(2,3)4/h24H,5-23,25H2,1-4H3/t24-/m1/s1/i32+1. The van der Waals surface area contributed by atoms with Crippen LogP contribution in [-0.4, -0.2) is 64.6 Å². The van der Waals surface area contributed by atoms with E-state index in [0.29, 0.717) is 17.6 Å². The molecule has 8 heteroatoms. The molecule has 1 unspecified atom stereocenters. The van der Waals surface area contributed by atoms with Gasteiger partial charge in [-0.3, -0.25) is 4.57 Å². The van der Waals surface area contributed by atoms with E-state index in [4.69, 9.17) is 19.5 Å². The zero-order valence-corrected chi connectivity index (χ0v) is 22.4. The molecule has 0 rings (SSSR count). The van der Waals surface area contributed by atoms with Crippen LogP contribution in [-0.2, 0) is 18.3 Å². The molecular weight excluding hydrogens is 428 g/mol. The van der Waals surface area contributed by atoms with Crippen LogP contribution in [0.4, 0.5) is 0 Å². The summed E-state index contributed by atoms with van der Waals surface area (Å²) in [7, 11) is 1.59. The maximum atomic E-state index is 11.7. The average molecular weight is 482 g/mol. The van der Waals surface area contributed by atoms with Crippen LogP contribution in [0, 0.1) is 0 Å². The highest BCUT2D eigenvalue weighted by molar-refractivity contribution is 7.45. The van der Waals surface area contributed by atoms with Gasteiger partial charge < -0.3 is 28.9 Å². The molecule has 0 spiro atoms. The van der Waals surface area contributed by atoms with Crippen molar-refractivity contribution in [3.8, 4) is 0 Å². The second-order valence-corrected chi connectivity index (χ2v) is 11.4. The van der Waals surface area contributed by atoms with Crippen molar-refractivity contribution in [2.75, 3.05) is 54.1 Å². The third kappa shape index (κ3) is 24.6. The van der Waals surface area contributed by atoms with Crippen molar-refractivity contribution in [1.29, 1.82) is 0 Å². The van der Waals surface area contributed by atoms with Crippen molar-refractivity contribution in [2.24, 2.45) is 5.73 Å². The minimum atomic E-state index is -4.30. The first-order valence-electron chi connectivity index (χ1n) is 12.9. The van der Waals surface area contributed by atoms with Gasteiger partial charge >= 0.3 is 0 Å². The molecule has 0 aromatic carbocycles. The van der Waals surface area contributed by atoms with Crippen LogP contribution < -0.4 is 10.6 Å². The van der Waals surface area contributed by atoms with E-state index >= 15 is 0 Å². The van der Waals surface area contributed by atoms with Crippen LogP contribution in [0.15, 0.2) is 0 Å². The molecule has 0 saturated carbocycles. The first-order valence-corrected chi connectivity index (χ1v) is 14.4. The molecule has 0 saturated heterocycles. The molecule has 0 aromatic rings. The van der Waals surface area contributed by atoms with Gasteiger partial charge in [-0.1, -0.05) is 90.4 Å². The summed E-state index contributed by atoms with van der Waals surface area (Å²) in [4.78, 5) is 11.7. The molecule has 0 amide bonds. The monoisotopic (exact) mass is 481 g/mol. The van der Waals surface area contributed by atoms with E-state index < -0.39 is 13.9 Å². The first-order chi connectivity index (χ1) is 15.2. The number of phosphoric acid groups is 1. The zero-order valence-electron chi connectivity index (χ0n) is 21.5. The molecule has 32 heavy (non-hydrogen) atoms. The largest absolute Gasteiger partial charge is 0.756 e. The fourth-order valence-electron chi connectivity index (χ4n) is 3.33. The number of nitrogens with zero attached hydrogens (tertiary/aromatic N) is 1. The van der Waals surface area contributed by atoms with Crippen molar-refractivity contribution in [2.45, 2.75) is 103 Å². The number of hydrogen-bond acceptors (Lipinski definition) is 6. The van der Waals surface area contributed by atoms with E-state index in [1.165, 1.54) is 83.5 Å². The van der Waals surface area contributed by atoms with Crippen molar-refractivity contribution >= 4 is 7.82 Å². The fraction of sp³-hybridized carbons (Fsp3) is 1.00. The number of hydrogen-bond donors (Lipinski definition) is 1. The summed E-state index contributed by atoms with van der Waals surface area (Å²) >= 11 is 0. The van der Waals surface area contributed by atoms with Gasteiger partial charge in [-0.25, -0.2) is 0 Å². The van der Waals surface area contributed by atoms with Gasteiger partial charge in [0.1, 0.15) is 13.2 Å². The number of likely N-dealkylation sites (N-methyl/N-ethyl adjacent to an activating group) is 1. The Morgan fingerprint density at radius 3 is 1.69 bits per heavy atom. The van der Waals surface area contributed by atoms with E-state index in [0.717, 1.165) is 6.42 Å². The number of nitrogens with two attached hydrogens (primary N) is 1. The molecule has 0 fully saturated rings.